The Morgan fingerprint density at radius 3 is 1.23 bits per heavy atom. The first-order valence-electron chi connectivity index (χ1n) is 11.3. The highest BCUT2D eigenvalue weighted by Gasteiger charge is 2.22. The Morgan fingerprint density at radius 1 is 0.533 bits per heavy atom. The molecule has 0 aliphatic carbocycles. The smallest absolute Gasteiger partial charge is 0.326 e. The van der Waals surface area contributed by atoms with E-state index >= 15 is 0 Å². The summed E-state index contributed by atoms with van der Waals surface area (Å²) >= 11 is 0. The zero-order chi connectivity index (χ0) is 22.6. The van der Waals surface area contributed by atoms with Crippen molar-refractivity contribution >= 4 is 23.8 Å². The van der Waals surface area contributed by atoms with E-state index in [1.165, 1.54) is 44.9 Å². The lowest BCUT2D eigenvalue weighted by Crippen LogP contribution is -2.42. The molecule has 0 aromatic rings. The Kier molecular flexibility index (Phi) is 17.5. The molecule has 0 heterocycles. The van der Waals surface area contributed by atoms with Gasteiger partial charge in [0.1, 0.15) is 6.04 Å². The van der Waals surface area contributed by atoms with Crippen LogP contribution in [0.3, 0.4) is 0 Å². The lowest BCUT2D eigenvalue weighted by molar-refractivity contribution is -0.147. The Balaban J connectivity index is 3.39. The number of carboxylic acid groups (broad SMARTS) is 3. The highest BCUT2D eigenvalue weighted by molar-refractivity contribution is 5.86. The van der Waals surface area contributed by atoms with E-state index in [1.807, 2.05) is 0 Å². The molecule has 0 saturated heterocycles. The molecule has 174 valence electrons. The monoisotopic (exact) mass is 429 g/mol. The molecule has 0 rings (SSSR count). The summed E-state index contributed by atoms with van der Waals surface area (Å²) in [6, 6.07) is -1.37. The second-order valence-electron chi connectivity index (χ2n) is 7.90. The molecule has 1 amide bonds. The number of hydrogen-bond donors (Lipinski definition) is 4. The second-order valence-corrected chi connectivity index (χ2v) is 7.90. The van der Waals surface area contributed by atoms with Gasteiger partial charge in [-0.15, -0.1) is 0 Å². The van der Waals surface area contributed by atoms with E-state index in [9.17, 15) is 19.2 Å². The van der Waals surface area contributed by atoms with Crippen LogP contribution < -0.4 is 5.32 Å². The molecule has 30 heavy (non-hydrogen) atoms. The number of nitrogens with one attached hydrogen (secondary N) is 1. The fourth-order valence-corrected chi connectivity index (χ4v) is 3.32. The molecule has 4 N–H and O–H groups in total. The van der Waals surface area contributed by atoms with Crippen molar-refractivity contribution in [2.24, 2.45) is 0 Å². The van der Waals surface area contributed by atoms with Gasteiger partial charge in [0.05, 0.1) is 6.42 Å². The average Bonchev–Trinajstić information content (AvgIpc) is 2.66. The largest absolute Gasteiger partial charge is 0.481 e. The van der Waals surface area contributed by atoms with Crippen LogP contribution in [0, 0.1) is 0 Å². The molecular weight excluding hydrogens is 390 g/mol. The van der Waals surface area contributed by atoms with E-state index in [4.69, 9.17) is 15.3 Å². The van der Waals surface area contributed by atoms with E-state index in [1.54, 1.807) is 0 Å². The first-order chi connectivity index (χ1) is 14.3. The molecule has 8 nitrogen and oxygen atoms in total. The summed E-state index contributed by atoms with van der Waals surface area (Å²) in [5.41, 5.74) is 0. The van der Waals surface area contributed by atoms with Gasteiger partial charge in [0, 0.05) is 12.8 Å². The highest BCUT2D eigenvalue weighted by Crippen LogP contribution is 2.13. The third-order valence-corrected chi connectivity index (χ3v) is 5.06. The molecule has 0 spiro atoms. The first-order valence-corrected chi connectivity index (χ1v) is 11.3. The van der Waals surface area contributed by atoms with Crippen LogP contribution in [0.4, 0.5) is 0 Å². The normalized spacial score (nSPS) is 11.7. The van der Waals surface area contributed by atoms with Gasteiger partial charge in [-0.05, 0) is 12.8 Å². The van der Waals surface area contributed by atoms with Crippen molar-refractivity contribution in [1.82, 2.24) is 5.32 Å². The molecule has 0 unspecified atom stereocenters. The number of rotatable bonds is 21. The highest BCUT2D eigenvalue weighted by atomic mass is 16.4. The van der Waals surface area contributed by atoms with Gasteiger partial charge in [0.15, 0.2) is 0 Å². The van der Waals surface area contributed by atoms with Gasteiger partial charge in [-0.2, -0.15) is 0 Å². The van der Waals surface area contributed by atoms with Gasteiger partial charge in [0.25, 0.3) is 0 Å². The number of carbonyl (C=O) groups is 4. The predicted octanol–water partition coefficient (Wildman–Crippen LogP) is 4.36. The van der Waals surface area contributed by atoms with Crippen molar-refractivity contribution in [3.05, 3.63) is 0 Å². The topological polar surface area (TPSA) is 141 Å². The van der Waals surface area contributed by atoms with Gasteiger partial charge in [-0.3, -0.25) is 14.4 Å². The molecule has 8 heteroatoms. The summed E-state index contributed by atoms with van der Waals surface area (Å²) in [6.45, 7) is 0. The Hall–Kier alpha value is -2.12. The third-order valence-electron chi connectivity index (χ3n) is 5.06. The van der Waals surface area contributed by atoms with Crippen LogP contribution in [0.15, 0.2) is 0 Å². The Morgan fingerprint density at radius 2 is 0.900 bits per heavy atom. The summed E-state index contributed by atoms with van der Waals surface area (Å²) in [6.07, 6.45) is 15.1. The molecule has 0 radical (unpaired) electrons. The lowest BCUT2D eigenvalue weighted by Gasteiger charge is -2.12. The second kappa shape index (κ2) is 18.9. The van der Waals surface area contributed by atoms with Crippen LogP contribution in [-0.2, 0) is 19.2 Å². The quantitative estimate of drug-likeness (QED) is 0.199. The number of carboxylic acids is 3. The predicted molar refractivity (Wildman–Crippen MR) is 113 cm³/mol. The zero-order valence-corrected chi connectivity index (χ0v) is 18.1. The molecule has 0 fully saturated rings. The fraction of sp³-hybridized carbons (Fsp3) is 0.818. The van der Waals surface area contributed by atoms with Gasteiger partial charge in [0.2, 0.25) is 5.91 Å². The van der Waals surface area contributed by atoms with E-state index in [-0.39, 0.29) is 12.8 Å². The minimum atomic E-state index is -1.37. The molecule has 0 saturated carbocycles. The van der Waals surface area contributed by atoms with Gasteiger partial charge in [-0.1, -0.05) is 77.0 Å². The standard InChI is InChI=1S/C22H39NO7/c24-19(23-18(22(29)30)17-21(27)28)15-13-11-9-7-5-3-1-2-4-6-8-10-12-14-16-20(25)26/h18H,1-17H2,(H,23,24)(H,25,26)(H,27,28)(H,29,30)/t18-/m0/s1. The van der Waals surface area contributed by atoms with Crippen molar-refractivity contribution < 1.29 is 34.5 Å². The zero-order valence-electron chi connectivity index (χ0n) is 18.1. The summed E-state index contributed by atoms with van der Waals surface area (Å²) in [5.74, 6) is -3.70. The molecular formula is C22H39NO7. The molecule has 1 atom stereocenters. The molecule has 0 aromatic heterocycles. The number of unbranched alkanes of at least 4 members (excludes halogenated alkanes) is 13. The minimum Gasteiger partial charge on any atom is -0.481 e. The van der Waals surface area contributed by atoms with E-state index < -0.39 is 36.3 Å². The Bertz CT molecular complexity index is 508. The van der Waals surface area contributed by atoms with Crippen LogP contribution in [0.5, 0.6) is 0 Å². The van der Waals surface area contributed by atoms with Crippen molar-refractivity contribution in [2.45, 2.75) is 115 Å². The van der Waals surface area contributed by atoms with Gasteiger partial charge in [-0.25, -0.2) is 4.79 Å². The average molecular weight is 430 g/mol. The van der Waals surface area contributed by atoms with Gasteiger partial charge >= 0.3 is 17.9 Å². The van der Waals surface area contributed by atoms with Crippen molar-refractivity contribution in [3.8, 4) is 0 Å². The number of hydrogen-bond acceptors (Lipinski definition) is 4. The van der Waals surface area contributed by atoms with Crippen LogP contribution in [-0.4, -0.2) is 45.2 Å². The van der Waals surface area contributed by atoms with Crippen molar-refractivity contribution in [1.29, 1.82) is 0 Å². The third kappa shape index (κ3) is 19.2. The minimum absolute atomic E-state index is 0.222. The van der Waals surface area contributed by atoms with E-state index in [0.29, 0.717) is 6.42 Å². The maximum Gasteiger partial charge on any atom is 0.326 e. The fourth-order valence-electron chi connectivity index (χ4n) is 3.32. The maximum atomic E-state index is 11.7. The maximum absolute atomic E-state index is 11.7. The van der Waals surface area contributed by atoms with E-state index in [0.717, 1.165) is 38.5 Å². The van der Waals surface area contributed by atoms with Crippen LogP contribution >= 0.6 is 0 Å². The Labute approximate surface area is 179 Å². The molecule has 0 aliphatic rings. The SMILES string of the molecule is O=C(O)CCCCCCCCCCCCCCCCC(=O)N[C@@H](CC(=O)O)C(=O)O. The van der Waals surface area contributed by atoms with Crippen LogP contribution in [0.2, 0.25) is 0 Å². The summed E-state index contributed by atoms with van der Waals surface area (Å²) in [7, 11) is 0. The number of aliphatic carboxylic acids is 3. The first kappa shape index (κ1) is 27.9. The summed E-state index contributed by atoms with van der Waals surface area (Å²) < 4.78 is 0. The van der Waals surface area contributed by atoms with Gasteiger partial charge < -0.3 is 20.6 Å². The van der Waals surface area contributed by atoms with Crippen molar-refractivity contribution in [3.63, 3.8) is 0 Å². The van der Waals surface area contributed by atoms with Crippen LogP contribution in [0.25, 0.3) is 0 Å². The van der Waals surface area contributed by atoms with E-state index in [2.05, 4.69) is 5.32 Å². The van der Waals surface area contributed by atoms with Crippen LogP contribution in [0.1, 0.15) is 109 Å². The number of amides is 1. The number of carbonyl (C=O) groups excluding carboxylic acids is 1. The molecule has 0 aliphatic heterocycles. The molecule has 0 aromatic carbocycles. The summed E-state index contributed by atoms with van der Waals surface area (Å²) in [5, 5.41) is 28.4. The lowest BCUT2D eigenvalue weighted by atomic mass is 10.0. The van der Waals surface area contributed by atoms with Crippen molar-refractivity contribution in [2.75, 3.05) is 0 Å². The molecule has 0 bridgehead atoms. The summed E-state index contributed by atoms with van der Waals surface area (Å²) in [4.78, 5) is 43.6.